The maximum Gasteiger partial charge on any atom is 0.293 e. The minimum absolute atomic E-state index is 0.0187. The lowest BCUT2D eigenvalue weighted by atomic mass is 10.1. The fraction of sp³-hybridized carbons (Fsp3) is 0.538. The van der Waals surface area contributed by atoms with E-state index in [-0.39, 0.29) is 16.6 Å². The van der Waals surface area contributed by atoms with Crippen molar-refractivity contribution in [2.24, 2.45) is 0 Å². The van der Waals surface area contributed by atoms with Crippen molar-refractivity contribution in [3.63, 3.8) is 0 Å². The Morgan fingerprint density at radius 1 is 1.38 bits per heavy atom. The number of rotatable bonds is 3. The predicted molar refractivity (Wildman–Crippen MR) is 85.0 cm³/mol. The Bertz CT molecular complexity index is 646. The van der Waals surface area contributed by atoms with Gasteiger partial charge in [0, 0.05) is 30.7 Å². The number of nitrogens with zero attached hydrogens (tertiary/aromatic N) is 2. The Hall–Kier alpha value is -1.28. The van der Waals surface area contributed by atoms with E-state index in [4.69, 9.17) is 0 Å². The number of benzene rings is 1. The van der Waals surface area contributed by atoms with Gasteiger partial charge in [0.15, 0.2) is 9.84 Å². The van der Waals surface area contributed by atoms with Crippen LogP contribution in [0.4, 0.5) is 11.4 Å². The quantitative estimate of drug-likeness (QED) is 0.625. The SMILES string of the molecule is CC1CCSCCN1c1ccc(S(C)(=O)=O)cc1[N+](=O)[O-]. The van der Waals surface area contributed by atoms with Gasteiger partial charge in [-0.15, -0.1) is 0 Å². The average molecular weight is 330 g/mol. The molecule has 0 aromatic heterocycles. The second-order valence-corrected chi connectivity index (χ2v) is 8.36. The standard InChI is InChI=1S/C13H18N2O4S2/c1-10-5-7-20-8-6-14(10)12-4-3-11(21(2,18)19)9-13(12)15(16)17/h3-4,9-10H,5-8H2,1-2H3. The smallest absolute Gasteiger partial charge is 0.293 e. The molecule has 1 aromatic carbocycles. The van der Waals surface area contributed by atoms with E-state index < -0.39 is 14.8 Å². The summed E-state index contributed by atoms with van der Waals surface area (Å²) in [5.74, 6) is 1.95. The molecule has 0 spiro atoms. The number of anilines is 1. The Morgan fingerprint density at radius 3 is 2.71 bits per heavy atom. The first-order chi connectivity index (χ1) is 9.80. The fourth-order valence-electron chi connectivity index (χ4n) is 2.38. The van der Waals surface area contributed by atoms with Crippen LogP contribution in [0, 0.1) is 10.1 Å². The van der Waals surface area contributed by atoms with Crippen molar-refractivity contribution in [2.45, 2.75) is 24.3 Å². The minimum Gasteiger partial charge on any atom is -0.362 e. The van der Waals surface area contributed by atoms with Crippen LogP contribution < -0.4 is 4.90 Å². The molecule has 0 N–H and O–H groups in total. The number of sulfone groups is 1. The van der Waals surface area contributed by atoms with Gasteiger partial charge in [0.05, 0.1) is 9.82 Å². The molecule has 2 rings (SSSR count). The summed E-state index contributed by atoms with van der Waals surface area (Å²) in [5, 5.41) is 11.3. The van der Waals surface area contributed by atoms with Gasteiger partial charge in [-0.1, -0.05) is 0 Å². The van der Waals surface area contributed by atoms with E-state index in [1.165, 1.54) is 6.07 Å². The van der Waals surface area contributed by atoms with Crippen molar-refractivity contribution in [1.29, 1.82) is 0 Å². The molecule has 1 heterocycles. The third-order valence-electron chi connectivity index (χ3n) is 3.57. The lowest BCUT2D eigenvalue weighted by Gasteiger charge is -2.28. The zero-order chi connectivity index (χ0) is 15.6. The van der Waals surface area contributed by atoms with Crippen LogP contribution in [0.25, 0.3) is 0 Å². The molecule has 0 bridgehead atoms. The van der Waals surface area contributed by atoms with Crippen molar-refractivity contribution >= 4 is 33.0 Å². The Kier molecular flexibility index (Phi) is 4.77. The lowest BCUT2D eigenvalue weighted by molar-refractivity contribution is -0.384. The van der Waals surface area contributed by atoms with Crippen molar-refractivity contribution in [2.75, 3.05) is 29.2 Å². The highest BCUT2D eigenvalue weighted by Crippen LogP contribution is 2.33. The molecule has 1 aromatic rings. The molecule has 116 valence electrons. The maximum atomic E-state index is 11.6. The lowest BCUT2D eigenvalue weighted by Crippen LogP contribution is -2.34. The van der Waals surface area contributed by atoms with Gasteiger partial charge in [0.1, 0.15) is 5.69 Å². The Morgan fingerprint density at radius 2 is 2.10 bits per heavy atom. The molecular weight excluding hydrogens is 312 g/mol. The molecule has 6 nitrogen and oxygen atoms in total. The molecule has 1 aliphatic rings. The summed E-state index contributed by atoms with van der Waals surface area (Å²) in [6, 6.07) is 4.36. The third kappa shape index (κ3) is 3.68. The highest BCUT2D eigenvalue weighted by atomic mass is 32.2. The molecule has 21 heavy (non-hydrogen) atoms. The number of nitro benzene ring substituents is 1. The number of hydrogen-bond acceptors (Lipinski definition) is 6. The molecule has 1 saturated heterocycles. The first-order valence-electron chi connectivity index (χ1n) is 6.63. The first-order valence-corrected chi connectivity index (χ1v) is 9.68. The molecule has 1 atom stereocenters. The van der Waals surface area contributed by atoms with Crippen LogP contribution in [0.15, 0.2) is 23.1 Å². The molecule has 0 radical (unpaired) electrons. The number of thioether (sulfide) groups is 1. The van der Waals surface area contributed by atoms with Crippen LogP contribution in [0.5, 0.6) is 0 Å². The Balaban J connectivity index is 2.50. The van der Waals surface area contributed by atoms with Gasteiger partial charge in [-0.2, -0.15) is 11.8 Å². The van der Waals surface area contributed by atoms with Gasteiger partial charge in [0.2, 0.25) is 0 Å². The van der Waals surface area contributed by atoms with Crippen LogP contribution in [-0.2, 0) is 9.84 Å². The van der Waals surface area contributed by atoms with E-state index in [0.29, 0.717) is 5.69 Å². The second-order valence-electron chi connectivity index (χ2n) is 5.12. The van der Waals surface area contributed by atoms with Crippen LogP contribution in [0.2, 0.25) is 0 Å². The van der Waals surface area contributed by atoms with Crippen molar-refractivity contribution in [3.05, 3.63) is 28.3 Å². The topological polar surface area (TPSA) is 80.5 Å². The van der Waals surface area contributed by atoms with Crippen molar-refractivity contribution < 1.29 is 13.3 Å². The van der Waals surface area contributed by atoms with Crippen LogP contribution >= 0.6 is 11.8 Å². The predicted octanol–water partition coefficient (Wildman–Crippen LogP) is 2.33. The fourth-order valence-corrected chi connectivity index (χ4v) is 4.05. The summed E-state index contributed by atoms with van der Waals surface area (Å²) in [5.41, 5.74) is 0.360. The highest BCUT2D eigenvalue weighted by Gasteiger charge is 2.26. The molecule has 0 saturated carbocycles. The molecular formula is C13H18N2O4S2. The van der Waals surface area contributed by atoms with Gasteiger partial charge in [-0.05, 0) is 31.2 Å². The Labute approximate surface area is 128 Å². The molecule has 1 unspecified atom stereocenters. The zero-order valence-electron chi connectivity index (χ0n) is 12.0. The van der Waals surface area contributed by atoms with Gasteiger partial charge in [-0.25, -0.2) is 8.42 Å². The average Bonchev–Trinajstić information content (AvgIpc) is 2.61. The van der Waals surface area contributed by atoms with E-state index in [1.54, 1.807) is 6.07 Å². The zero-order valence-corrected chi connectivity index (χ0v) is 13.6. The van der Waals surface area contributed by atoms with E-state index in [1.807, 2.05) is 23.6 Å². The molecule has 8 heteroatoms. The normalized spacial score (nSPS) is 20.1. The first kappa shape index (κ1) is 16.1. The molecule has 1 fully saturated rings. The maximum absolute atomic E-state index is 11.6. The van der Waals surface area contributed by atoms with Crippen molar-refractivity contribution in [1.82, 2.24) is 0 Å². The number of nitro groups is 1. The summed E-state index contributed by atoms with van der Waals surface area (Å²) >= 11 is 1.83. The van der Waals surface area contributed by atoms with Crippen LogP contribution in [0.1, 0.15) is 13.3 Å². The summed E-state index contributed by atoms with van der Waals surface area (Å²) in [4.78, 5) is 12.8. The summed E-state index contributed by atoms with van der Waals surface area (Å²) in [7, 11) is -3.45. The van der Waals surface area contributed by atoms with Gasteiger partial charge in [0.25, 0.3) is 5.69 Å². The van der Waals surface area contributed by atoms with Gasteiger partial charge >= 0.3 is 0 Å². The van der Waals surface area contributed by atoms with Crippen LogP contribution in [-0.4, -0.2) is 43.7 Å². The largest absolute Gasteiger partial charge is 0.362 e. The monoisotopic (exact) mass is 330 g/mol. The minimum atomic E-state index is -3.45. The highest BCUT2D eigenvalue weighted by molar-refractivity contribution is 7.99. The third-order valence-corrected chi connectivity index (χ3v) is 5.68. The van der Waals surface area contributed by atoms with Crippen molar-refractivity contribution in [3.8, 4) is 0 Å². The van der Waals surface area contributed by atoms with Crippen LogP contribution in [0.3, 0.4) is 0 Å². The summed E-state index contributed by atoms with van der Waals surface area (Å²) < 4.78 is 23.2. The summed E-state index contributed by atoms with van der Waals surface area (Å²) in [6.45, 7) is 2.77. The molecule has 0 amide bonds. The molecule has 1 aliphatic heterocycles. The second kappa shape index (κ2) is 6.23. The number of hydrogen-bond donors (Lipinski definition) is 0. The van der Waals surface area contributed by atoms with Gasteiger partial charge in [-0.3, -0.25) is 10.1 Å². The van der Waals surface area contributed by atoms with E-state index >= 15 is 0 Å². The molecule has 0 aliphatic carbocycles. The van der Waals surface area contributed by atoms with E-state index in [9.17, 15) is 18.5 Å². The summed E-state index contributed by atoms with van der Waals surface area (Å²) in [6.07, 6.45) is 2.01. The van der Waals surface area contributed by atoms with E-state index in [0.717, 1.165) is 36.8 Å². The van der Waals surface area contributed by atoms with E-state index in [2.05, 4.69) is 0 Å². The van der Waals surface area contributed by atoms with Gasteiger partial charge < -0.3 is 4.90 Å².